The summed E-state index contributed by atoms with van der Waals surface area (Å²) in [5, 5.41) is 0. The van der Waals surface area contributed by atoms with Crippen molar-refractivity contribution in [2.75, 3.05) is 47.5 Å². The predicted octanol–water partition coefficient (Wildman–Crippen LogP) is 18.4. The summed E-state index contributed by atoms with van der Waals surface area (Å²) in [7, 11) is 1.48. The molecule has 0 spiro atoms. The zero-order chi connectivity index (χ0) is 51.3. The highest BCUT2D eigenvalue weighted by Gasteiger charge is 2.27. The Morgan fingerprint density at radius 3 is 1.20 bits per heavy atom. The second kappa shape index (κ2) is 52.1. The molecule has 0 saturated carbocycles. The van der Waals surface area contributed by atoms with Gasteiger partial charge in [0.05, 0.1) is 27.7 Å². The lowest BCUT2D eigenvalue weighted by Crippen LogP contribution is -2.37. The Morgan fingerprint density at radius 1 is 0.443 bits per heavy atom. The number of likely N-dealkylation sites (N-methyl/N-ethyl adjacent to an activating group) is 1. The number of nitrogens with zero attached hydrogens (tertiary/aromatic N) is 1. The van der Waals surface area contributed by atoms with E-state index >= 15 is 0 Å². The molecule has 0 aliphatic carbocycles. The number of rotatable bonds is 55. The van der Waals surface area contributed by atoms with E-state index in [4.69, 9.17) is 18.5 Å². The summed E-state index contributed by atoms with van der Waals surface area (Å²) >= 11 is 0. The molecule has 0 aliphatic heterocycles. The Labute approximate surface area is 433 Å². The molecule has 0 aromatic heterocycles. The molecule has 0 rings (SSSR count). The van der Waals surface area contributed by atoms with Crippen molar-refractivity contribution in [1.82, 2.24) is 0 Å². The van der Waals surface area contributed by atoms with E-state index in [1.165, 1.54) is 186 Å². The second-order valence-electron chi connectivity index (χ2n) is 21.4. The van der Waals surface area contributed by atoms with Gasteiger partial charge in [-0.15, -0.1) is 0 Å². The Kier molecular flexibility index (Phi) is 50.8. The average molecular weight is 1010 g/mol. The van der Waals surface area contributed by atoms with Crippen molar-refractivity contribution < 1.29 is 42.1 Å². The molecule has 412 valence electrons. The first-order valence-electron chi connectivity index (χ1n) is 29.7. The molecule has 0 aromatic rings. The van der Waals surface area contributed by atoms with Crippen molar-refractivity contribution in [3.8, 4) is 0 Å². The molecule has 70 heavy (non-hydrogen) atoms. The number of phosphoric ester groups is 1. The van der Waals surface area contributed by atoms with Crippen molar-refractivity contribution in [2.45, 2.75) is 290 Å². The monoisotopic (exact) mass is 1010 g/mol. The number of carbonyl (C=O) groups excluding carboxylic acids is 2. The maximum Gasteiger partial charge on any atom is 0.472 e. The minimum atomic E-state index is -4.38. The molecular formula is C60H115NO8P+. The van der Waals surface area contributed by atoms with Crippen molar-refractivity contribution in [1.29, 1.82) is 0 Å². The standard InChI is InChI=1S/C60H114NO8P/c1-6-8-10-12-14-16-18-20-21-22-23-24-25-26-27-28-29-30-31-32-33-34-35-36-37-38-39-41-42-44-46-48-50-52-59(62)66-56-58(57-68-70(64,65)67-55-54-61(3,4)5)69-60(63)53-51-49-47-45-43-40-19-17-15-13-11-9-7-2/h11,13,17,19,22-23,58H,6-10,12,14-16,18,20-21,24-57H2,1-5H3/p+1/b13-11-,19-17-,23-22-. The fourth-order valence-electron chi connectivity index (χ4n) is 8.52. The molecule has 9 nitrogen and oxygen atoms in total. The molecular weight excluding hydrogens is 894 g/mol. The summed E-state index contributed by atoms with van der Waals surface area (Å²) in [4.78, 5) is 35.6. The van der Waals surface area contributed by atoms with Gasteiger partial charge in [-0.2, -0.15) is 0 Å². The number of esters is 2. The lowest BCUT2D eigenvalue weighted by atomic mass is 10.0. The molecule has 0 saturated heterocycles. The van der Waals surface area contributed by atoms with E-state index in [9.17, 15) is 19.0 Å². The summed E-state index contributed by atoms with van der Waals surface area (Å²) in [6.45, 7) is 4.38. The molecule has 0 heterocycles. The highest BCUT2D eigenvalue weighted by atomic mass is 31.2. The molecule has 2 unspecified atom stereocenters. The van der Waals surface area contributed by atoms with Crippen LogP contribution in [0, 0.1) is 0 Å². The van der Waals surface area contributed by atoms with Crippen LogP contribution in [0.5, 0.6) is 0 Å². The average Bonchev–Trinajstić information content (AvgIpc) is 3.32. The highest BCUT2D eigenvalue weighted by Crippen LogP contribution is 2.43. The molecule has 0 bridgehead atoms. The quantitative estimate of drug-likeness (QED) is 0.0211. The van der Waals surface area contributed by atoms with E-state index in [2.05, 4.69) is 50.3 Å². The van der Waals surface area contributed by atoms with E-state index in [1.54, 1.807) is 0 Å². The summed E-state index contributed by atoms with van der Waals surface area (Å²) in [5.74, 6) is -0.804. The van der Waals surface area contributed by atoms with Crippen LogP contribution < -0.4 is 0 Å². The highest BCUT2D eigenvalue weighted by molar-refractivity contribution is 7.47. The minimum Gasteiger partial charge on any atom is -0.462 e. The van der Waals surface area contributed by atoms with Crippen molar-refractivity contribution >= 4 is 19.8 Å². The van der Waals surface area contributed by atoms with Gasteiger partial charge in [-0.3, -0.25) is 18.6 Å². The van der Waals surface area contributed by atoms with Crippen LogP contribution in [0.1, 0.15) is 284 Å². The van der Waals surface area contributed by atoms with E-state index < -0.39 is 26.5 Å². The number of ether oxygens (including phenoxy) is 2. The van der Waals surface area contributed by atoms with Crippen LogP contribution in [0.4, 0.5) is 0 Å². The zero-order valence-corrected chi connectivity index (χ0v) is 47.7. The Morgan fingerprint density at radius 2 is 0.800 bits per heavy atom. The summed E-state index contributed by atoms with van der Waals surface area (Å²) in [6, 6.07) is 0. The predicted molar refractivity (Wildman–Crippen MR) is 298 cm³/mol. The maximum atomic E-state index is 12.7. The molecule has 0 aliphatic rings. The Bertz CT molecular complexity index is 1280. The molecule has 0 amide bonds. The Hall–Kier alpha value is -1.77. The summed E-state index contributed by atoms with van der Waals surface area (Å²) in [5.41, 5.74) is 0. The topological polar surface area (TPSA) is 108 Å². The van der Waals surface area contributed by atoms with Gasteiger partial charge in [0.2, 0.25) is 0 Å². The first-order valence-corrected chi connectivity index (χ1v) is 31.2. The van der Waals surface area contributed by atoms with Gasteiger partial charge in [0.25, 0.3) is 0 Å². The number of hydrogen-bond acceptors (Lipinski definition) is 7. The van der Waals surface area contributed by atoms with E-state index in [0.717, 1.165) is 64.2 Å². The van der Waals surface area contributed by atoms with Crippen LogP contribution in [0.15, 0.2) is 36.5 Å². The smallest absolute Gasteiger partial charge is 0.462 e. The van der Waals surface area contributed by atoms with Gasteiger partial charge in [-0.05, 0) is 64.2 Å². The lowest BCUT2D eigenvalue weighted by molar-refractivity contribution is -0.870. The molecule has 2 atom stereocenters. The summed E-state index contributed by atoms with van der Waals surface area (Å²) in [6.07, 6.45) is 63.9. The Balaban J connectivity index is 3.94. The van der Waals surface area contributed by atoms with Crippen LogP contribution in [-0.4, -0.2) is 74.9 Å². The molecule has 10 heteroatoms. The maximum absolute atomic E-state index is 12.7. The fourth-order valence-corrected chi connectivity index (χ4v) is 9.26. The largest absolute Gasteiger partial charge is 0.472 e. The number of quaternary nitrogens is 1. The van der Waals surface area contributed by atoms with Gasteiger partial charge >= 0.3 is 19.8 Å². The van der Waals surface area contributed by atoms with Crippen LogP contribution in [-0.2, 0) is 32.7 Å². The zero-order valence-electron chi connectivity index (χ0n) is 46.8. The molecule has 0 aromatic carbocycles. The van der Waals surface area contributed by atoms with Crippen LogP contribution in [0.25, 0.3) is 0 Å². The number of allylic oxidation sites excluding steroid dienone is 6. The first kappa shape index (κ1) is 68.2. The van der Waals surface area contributed by atoms with Crippen LogP contribution in [0.2, 0.25) is 0 Å². The number of carbonyl (C=O) groups is 2. The number of phosphoric acid groups is 1. The van der Waals surface area contributed by atoms with E-state index in [0.29, 0.717) is 17.4 Å². The van der Waals surface area contributed by atoms with Crippen molar-refractivity contribution in [3.05, 3.63) is 36.5 Å². The van der Waals surface area contributed by atoms with Crippen LogP contribution >= 0.6 is 7.82 Å². The van der Waals surface area contributed by atoms with Gasteiger partial charge in [0, 0.05) is 12.8 Å². The molecule has 1 N–H and O–H groups in total. The van der Waals surface area contributed by atoms with Gasteiger partial charge in [0.15, 0.2) is 6.10 Å². The summed E-state index contributed by atoms with van der Waals surface area (Å²) < 4.78 is 34.5. The van der Waals surface area contributed by atoms with Gasteiger partial charge in [0.1, 0.15) is 19.8 Å². The van der Waals surface area contributed by atoms with Crippen molar-refractivity contribution in [2.24, 2.45) is 0 Å². The van der Waals surface area contributed by atoms with Gasteiger partial charge < -0.3 is 18.9 Å². The number of unbranched alkanes of at least 4 members (excludes halogenated alkanes) is 35. The van der Waals surface area contributed by atoms with Gasteiger partial charge in [-0.25, -0.2) is 4.57 Å². The fraction of sp³-hybridized carbons (Fsp3) is 0.867. The number of hydrogen-bond donors (Lipinski definition) is 1. The minimum absolute atomic E-state index is 0.0300. The molecule has 0 fully saturated rings. The lowest BCUT2D eigenvalue weighted by Gasteiger charge is -2.24. The third-order valence-electron chi connectivity index (χ3n) is 13.1. The third-order valence-corrected chi connectivity index (χ3v) is 14.1. The van der Waals surface area contributed by atoms with E-state index in [1.807, 2.05) is 21.1 Å². The van der Waals surface area contributed by atoms with Crippen LogP contribution in [0.3, 0.4) is 0 Å². The van der Waals surface area contributed by atoms with Crippen molar-refractivity contribution in [3.63, 3.8) is 0 Å². The molecule has 0 radical (unpaired) electrons. The second-order valence-corrected chi connectivity index (χ2v) is 22.8. The SMILES string of the molecule is CCC/C=C\C/C=C\CCCCCCCC(=O)OC(COC(=O)CCCCCCCCCCCCCCCCCCCCCCC/C=C\CCCCCCCCCC)COP(=O)(O)OCC[N+](C)(C)C. The first-order chi connectivity index (χ1) is 34.0. The van der Waals surface area contributed by atoms with E-state index in [-0.39, 0.29) is 32.0 Å². The third kappa shape index (κ3) is 55.5. The normalized spacial score (nSPS) is 13.5. The van der Waals surface area contributed by atoms with Gasteiger partial charge in [-0.1, -0.05) is 243 Å².